The lowest BCUT2D eigenvalue weighted by molar-refractivity contribution is 0.0693. The van der Waals surface area contributed by atoms with Gasteiger partial charge in [0.1, 0.15) is 11.3 Å². The number of methoxy groups -OCH3 is 1. The van der Waals surface area contributed by atoms with E-state index in [0.717, 1.165) is 24.9 Å². The van der Waals surface area contributed by atoms with Crippen LogP contribution in [0.3, 0.4) is 0 Å². The van der Waals surface area contributed by atoms with Crippen LogP contribution in [0.15, 0.2) is 42.5 Å². The van der Waals surface area contributed by atoms with E-state index in [2.05, 4.69) is 36.5 Å². The van der Waals surface area contributed by atoms with Gasteiger partial charge in [-0.1, -0.05) is 30.3 Å². The number of hydrogen-bond acceptors (Lipinski definition) is 3. The summed E-state index contributed by atoms with van der Waals surface area (Å²) in [5.74, 6) is 0.0525. The second-order valence-electron chi connectivity index (χ2n) is 6.77. The van der Waals surface area contributed by atoms with Crippen molar-refractivity contribution in [3.05, 3.63) is 64.7 Å². The van der Waals surface area contributed by atoms with Gasteiger partial charge in [0.05, 0.1) is 7.11 Å². The largest absolute Gasteiger partial charge is 0.496 e. The van der Waals surface area contributed by atoms with Crippen LogP contribution in [0.5, 0.6) is 5.75 Å². The Kier molecular flexibility index (Phi) is 5.39. The van der Waals surface area contributed by atoms with Gasteiger partial charge in [-0.25, -0.2) is 4.79 Å². The molecule has 0 heterocycles. The van der Waals surface area contributed by atoms with E-state index in [1.807, 2.05) is 6.07 Å². The molecule has 0 spiro atoms. The number of carboxylic acid groups (broad SMARTS) is 1. The van der Waals surface area contributed by atoms with E-state index >= 15 is 0 Å². The number of aromatic carboxylic acids is 1. The lowest BCUT2D eigenvalue weighted by Crippen LogP contribution is -2.29. The van der Waals surface area contributed by atoms with Crippen molar-refractivity contribution in [2.24, 2.45) is 5.92 Å². The number of carbonyl (C=O) groups is 1. The molecule has 132 valence electrons. The summed E-state index contributed by atoms with van der Waals surface area (Å²) < 4.78 is 5.13. The summed E-state index contributed by atoms with van der Waals surface area (Å²) in [6.07, 6.45) is 3.45. The Hall–Kier alpha value is -2.33. The predicted octanol–water partition coefficient (Wildman–Crippen LogP) is 3.85. The number of nitrogens with one attached hydrogen (secondary N) is 1. The summed E-state index contributed by atoms with van der Waals surface area (Å²) in [6.45, 7) is 3.01. The monoisotopic (exact) mass is 339 g/mol. The van der Waals surface area contributed by atoms with Crippen molar-refractivity contribution in [2.45, 2.75) is 32.2 Å². The molecule has 0 bridgehead atoms. The van der Waals surface area contributed by atoms with Gasteiger partial charge in [0.15, 0.2) is 0 Å². The fourth-order valence-electron chi connectivity index (χ4n) is 3.57. The Bertz CT molecular complexity index is 757. The van der Waals surface area contributed by atoms with Crippen LogP contribution in [-0.2, 0) is 12.8 Å². The first-order chi connectivity index (χ1) is 12.1. The maximum atomic E-state index is 11.4. The lowest BCUT2D eigenvalue weighted by atomic mass is 9.84. The molecule has 25 heavy (non-hydrogen) atoms. The van der Waals surface area contributed by atoms with Crippen molar-refractivity contribution in [1.29, 1.82) is 0 Å². The van der Waals surface area contributed by atoms with Gasteiger partial charge in [-0.2, -0.15) is 0 Å². The summed E-state index contributed by atoms with van der Waals surface area (Å²) in [6, 6.07) is 14.1. The zero-order valence-corrected chi connectivity index (χ0v) is 14.8. The first-order valence-electron chi connectivity index (χ1n) is 8.80. The van der Waals surface area contributed by atoms with E-state index in [9.17, 15) is 9.90 Å². The molecular weight excluding hydrogens is 314 g/mol. The average Bonchev–Trinajstić information content (AvgIpc) is 2.65. The molecule has 4 heteroatoms. The van der Waals surface area contributed by atoms with Crippen LogP contribution in [-0.4, -0.2) is 24.7 Å². The Morgan fingerprint density at radius 2 is 2.04 bits per heavy atom. The van der Waals surface area contributed by atoms with Crippen LogP contribution in [0.2, 0.25) is 0 Å². The van der Waals surface area contributed by atoms with E-state index in [1.165, 1.54) is 24.7 Å². The number of ether oxygens (including phenoxy) is 1. The molecule has 2 aromatic rings. The standard InChI is InChI=1S/C21H25NO3/c1-14(17-9-10-20(25-2)19(12-17)21(23)24)22-13-15-7-8-16-5-3-4-6-18(16)11-15/h3-6,9-10,12,14-15,22H,7-8,11,13H2,1-2H3,(H,23,24)/t14-,15?/m0/s1. The Labute approximate surface area is 148 Å². The highest BCUT2D eigenvalue weighted by atomic mass is 16.5. The van der Waals surface area contributed by atoms with Crippen LogP contribution < -0.4 is 10.1 Å². The molecule has 0 aliphatic heterocycles. The smallest absolute Gasteiger partial charge is 0.339 e. The van der Waals surface area contributed by atoms with Gasteiger partial charge in [-0.15, -0.1) is 0 Å². The normalized spacial score (nSPS) is 17.6. The SMILES string of the molecule is COc1ccc([C@H](C)NCC2CCc3ccccc3C2)cc1C(=O)O. The van der Waals surface area contributed by atoms with Crippen LogP contribution >= 0.6 is 0 Å². The number of hydrogen-bond donors (Lipinski definition) is 2. The highest BCUT2D eigenvalue weighted by molar-refractivity contribution is 5.91. The van der Waals surface area contributed by atoms with Crippen molar-refractivity contribution in [2.75, 3.05) is 13.7 Å². The minimum absolute atomic E-state index is 0.0983. The van der Waals surface area contributed by atoms with Gasteiger partial charge in [0.25, 0.3) is 0 Å². The van der Waals surface area contributed by atoms with E-state index in [4.69, 9.17) is 4.74 Å². The molecule has 0 amide bonds. The van der Waals surface area contributed by atoms with Gasteiger partial charge in [0, 0.05) is 6.04 Å². The third kappa shape index (κ3) is 4.02. The zero-order chi connectivity index (χ0) is 17.8. The zero-order valence-electron chi connectivity index (χ0n) is 14.8. The molecule has 0 saturated carbocycles. The molecule has 0 saturated heterocycles. The Morgan fingerprint density at radius 3 is 2.76 bits per heavy atom. The summed E-state index contributed by atoms with van der Waals surface area (Å²) in [5, 5.41) is 12.9. The van der Waals surface area contributed by atoms with Crippen LogP contribution in [0, 0.1) is 5.92 Å². The number of carboxylic acids is 1. The molecule has 0 radical (unpaired) electrons. The molecule has 3 rings (SSSR count). The lowest BCUT2D eigenvalue weighted by Gasteiger charge is -2.26. The van der Waals surface area contributed by atoms with Gasteiger partial charge in [-0.05, 0) is 67.5 Å². The summed E-state index contributed by atoms with van der Waals surface area (Å²) in [4.78, 5) is 11.4. The van der Waals surface area contributed by atoms with Crippen LogP contribution in [0.4, 0.5) is 0 Å². The molecule has 2 atom stereocenters. The maximum absolute atomic E-state index is 11.4. The van der Waals surface area contributed by atoms with Crippen molar-refractivity contribution in [3.8, 4) is 5.75 Å². The van der Waals surface area contributed by atoms with E-state index in [-0.39, 0.29) is 11.6 Å². The Balaban J connectivity index is 1.62. The van der Waals surface area contributed by atoms with Crippen LogP contribution in [0.1, 0.15) is 46.4 Å². The van der Waals surface area contributed by atoms with Crippen LogP contribution in [0.25, 0.3) is 0 Å². The molecule has 1 aliphatic carbocycles. The summed E-state index contributed by atoms with van der Waals surface area (Å²) >= 11 is 0. The number of benzene rings is 2. The third-order valence-corrected chi connectivity index (χ3v) is 5.12. The highest BCUT2D eigenvalue weighted by Gasteiger charge is 2.19. The second-order valence-corrected chi connectivity index (χ2v) is 6.77. The molecule has 1 aliphatic rings. The third-order valence-electron chi connectivity index (χ3n) is 5.12. The quantitative estimate of drug-likeness (QED) is 0.839. The molecule has 0 aromatic heterocycles. The molecule has 0 fully saturated rings. The second kappa shape index (κ2) is 7.70. The maximum Gasteiger partial charge on any atom is 0.339 e. The molecular formula is C21H25NO3. The average molecular weight is 339 g/mol. The summed E-state index contributed by atoms with van der Waals surface area (Å²) in [5.41, 5.74) is 4.12. The van der Waals surface area contributed by atoms with Crippen molar-refractivity contribution >= 4 is 5.97 Å². The number of rotatable bonds is 6. The van der Waals surface area contributed by atoms with E-state index in [0.29, 0.717) is 11.7 Å². The Morgan fingerprint density at radius 1 is 1.28 bits per heavy atom. The van der Waals surface area contributed by atoms with Crippen molar-refractivity contribution in [3.63, 3.8) is 0 Å². The van der Waals surface area contributed by atoms with Gasteiger partial charge in [0.2, 0.25) is 0 Å². The van der Waals surface area contributed by atoms with E-state index in [1.54, 1.807) is 12.1 Å². The fraction of sp³-hybridized carbons (Fsp3) is 0.381. The molecule has 2 aromatic carbocycles. The fourth-order valence-corrected chi connectivity index (χ4v) is 3.57. The highest BCUT2D eigenvalue weighted by Crippen LogP contribution is 2.27. The van der Waals surface area contributed by atoms with E-state index < -0.39 is 5.97 Å². The predicted molar refractivity (Wildman–Crippen MR) is 98.3 cm³/mol. The minimum atomic E-state index is -0.963. The minimum Gasteiger partial charge on any atom is -0.496 e. The first-order valence-corrected chi connectivity index (χ1v) is 8.80. The van der Waals surface area contributed by atoms with Crippen molar-refractivity contribution < 1.29 is 14.6 Å². The molecule has 4 nitrogen and oxygen atoms in total. The molecule has 2 N–H and O–H groups in total. The van der Waals surface area contributed by atoms with Crippen molar-refractivity contribution in [1.82, 2.24) is 5.32 Å². The summed E-state index contributed by atoms with van der Waals surface area (Å²) in [7, 11) is 1.49. The van der Waals surface area contributed by atoms with Gasteiger partial charge in [-0.3, -0.25) is 0 Å². The molecule has 1 unspecified atom stereocenters. The van der Waals surface area contributed by atoms with Gasteiger partial charge >= 0.3 is 5.97 Å². The van der Waals surface area contributed by atoms with Gasteiger partial charge < -0.3 is 15.2 Å². The first kappa shape index (κ1) is 17.5. The topological polar surface area (TPSA) is 58.6 Å². The number of fused-ring (bicyclic) bond motifs is 1. The number of aryl methyl sites for hydroxylation is 1.